The fraction of sp³-hybridized carbons (Fsp3) is 0. The molecule has 0 rings (SSSR count). The van der Waals surface area contributed by atoms with Crippen LogP contribution in [0.1, 0.15) is 5.71 Å². The van der Waals surface area contributed by atoms with Crippen LogP contribution in [0.3, 0.4) is 0 Å². The third-order valence-electron chi connectivity index (χ3n) is 0. The van der Waals surface area contributed by atoms with E-state index in [2.05, 4.69) is 0 Å². The molecule has 0 saturated heterocycles. The molecule has 0 aromatic heterocycles. The minimum absolute atomic E-state index is 0. The maximum absolute atomic E-state index is 7.17. The van der Waals surface area contributed by atoms with E-state index in [-0.39, 0.29) is 74.2 Å². The van der Waals surface area contributed by atoms with E-state index in [1.54, 1.807) is 0 Å². The number of hydrogen-bond donors (Lipinski definition) is 3. The number of rotatable bonds is 0. The molecule has 32 valence electrons. The molecule has 0 fully saturated rings. The third kappa shape index (κ3) is 34.7. The molecule has 0 radical (unpaired) electrons. The molecular formula is H7BMgO3Sr. The average molecular weight is 178 g/mol. The van der Waals surface area contributed by atoms with Gasteiger partial charge in [-0.15, -0.1) is 0 Å². The smallest absolute Gasteiger partial charge is 1.00 e. The van der Waals surface area contributed by atoms with Crippen LogP contribution in [0.2, 0.25) is 0 Å². The van der Waals surface area contributed by atoms with Crippen LogP contribution in [0, 0.1) is 0 Å². The van der Waals surface area contributed by atoms with E-state index in [0.29, 0.717) is 0 Å². The minimum atomic E-state index is -2.17. The molecule has 0 bridgehead atoms. The largest absolute Gasteiger partial charge is 2.00 e. The molecule has 6 heavy (non-hydrogen) atoms. The molecule has 3 nitrogen and oxygen atoms in total. The van der Waals surface area contributed by atoms with Crippen molar-refractivity contribution in [2.75, 3.05) is 0 Å². The normalized spacial score (nSPS) is 4.50. The summed E-state index contributed by atoms with van der Waals surface area (Å²) in [5.41, 5.74) is 0. The first kappa shape index (κ1) is 15.7. The van der Waals surface area contributed by atoms with Crippen molar-refractivity contribution in [3.8, 4) is 0 Å². The van der Waals surface area contributed by atoms with Crippen LogP contribution in [0.4, 0.5) is 0 Å². The second-order valence-corrected chi connectivity index (χ2v) is 0.346. The molecule has 0 aliphatic rings. The van der Waals surface area contributed by atoms with Crippen molar-refractivity contribution in [2.24, 2.45) is 0 Å². The van der Waals surface area contributed by atoms with Gasteiger partial charge in [0, 0.05) is 0 Å². The SMILES string of the molecule is OB(O)O.[H-].[H-].[H-].[H-].[Mg+2].[Sr+2]. The second-order valence-electron chi connectivity index (χ2n) is 0.346. The van der Waals surface area contributed by atoms with Crippen LogP contribution < -0.4 is 0 Å². The van der Waals surface area contributed by atoms with E-state index in [9.17, 15) is 0 Å². The molecule has 0 aliphatic carbocycles. The van der Waals surface area contributed by atoms with Crippen molar-refractivity contribution in [3.63, 3.8) is 0 Å². The Hall–Kier alpha value is 2.19. The standard InChI is InChI=1S/BH3O3.Mg.Sr.4H/c2-1(3)4;;;;;;/h2-4H;;;;;;/q;2*+2;4*-1. The molecule has 0 heterocycles. The van der Waals surface area contributed by atoms with Crippen molar-refractivity contribution in [1.82, 2.24) is 0 Å². The van der Waals surface area contributed by atoms with Crippen molar-refractivity contribution >= 4 is 75.9 Å². The van der Waals surface area contributed by atoms with Gasteiger partial charge in [0.25, 0.3) is 0 Å². The topological polar surface area (TPSA) is 60.7 Å². The molecular weight excluding hydrogens is 171 g/mol. The van der Waals surface area contributed by atoms with E-state index in [0.717, 1.165) is 0 Å². The van der Waals surface area contributed by atoms with Crippen molar-refractivity contribution in [1.29, 1.82) is 0 Å². The summed E-state index contributed by atoms with van der Waals surface area (Å²) in [6, 6.07) is 0. The van der Waals surface area contributed by atoms with Crippen LogP contribution in [0.5, 0.6) is 0 Å². The summed E-state index contributed by atoms with van der Waals surface area (Å²) in [6.45, 7) is 0. The van der Waals surface area contributed by atoms with Gasteiger partial charge in [-0.05, 0) is 0 Å². The third-order valence-corrected chi connectivity index (χ3v) is 0. The summed E-state index contributed by atoms with van der Waals surface area (Å²) in [5.74, 6) is 0. The van der Waals surface area contributed by atoms with E-state index in [1.807, 2.05) is 0 Å². The fourth-order valence-corrected chi connectivity index (χ4v) is 0. The van der Waals surface area contributed by atoms with Crippen molar-refractivity contribution < 1.29 is 20.8 Å². The van der Waals surface area contributed by atoms with Crippen molar-refractivity contribution in [2.45, 2.75) is 0 Å². The molecule has 0 aliphatic heterocycles. The van der Waals surface area contributed by atoms with Gasteiger partial charge in [-0.1, -0.05) is 0 Å². The molecule has 0 aromatic rings. The Balaban J connectivity index is -0.00000000300. The Kier molecular flexibility index (Phi) is 26.8. The zero-order valence-electron chi connectivity index (χ0n) is 7.33. The monoisotopic (exact) mass is 178 g/mol. The van der Waals surface area contributed by atoms with Gasteiger partial charge < -0.3 is 20.8 Å². The van der Waals surface area contributed by atoms with Crippen LogP contribution in [-0.2, 0) is 0 Å². The fourth-order valence-electron chi connectivity index (χ4n) is 0. The Morgan fingerprint density at radius 3 is 1.17 bits per heavy atom. The minimum Gasteiger partial charge on any atom is -1.00 e. The molecule has 3 N–H and O–H groups in total. The summed E-state index contributed by atoms with van der Waals surface area (Å²) in [7, 11) is -2.17. The summed E-state index contributed by atoms with van der Waals surface area (Å²) in [4.78, 5) is 0. The quantitative estimate of drug-likeness (QED) is 0.363. The Morgan fingerprint density at radius 2 is 1.17 bits per heavy atom. The van der Waals surface area contributed by atoms with Gasteiger partial charge in [0.1, 0.15) is 0 Å². The molecule has 0 unspecified atom stereocenters. The Bertz CT molecular complexity index is 25.2. The second kappa shape index (κ2) is 10.2. The Morgan fingerprint density at radius 1 is 1.17 bits per heavy atom. The predicted molar refractivity (Wildman–Crippen MR) is 28.4 cm³/mol. The number of hydrogen-bond acceptors (Lipinski definition) is 3. The summed E-state index contributed by atoms with van der Waals surface area (Å²) >= 11 is 0. The first-order valence-electron chi connectivity index (χ1n) is 0.775. The van der Waals surface area contributed by atoms with E-state index in [4.69, 9.17) is 15.1 Å². The van der Waals surface area contributed by atoms with Gasteiger partial charge in [-0.25, -0.2) is 0 Å². The summed E-state index contributed by atoms with van der Waals surface area (Å²) in [6.07, 6.45) is 0. The summed E-state index contributed by atoms with van der Waals surface area (Å²) in [5, 5.41) is 21.5. The van der Waals surface area contributed by atoms with Crippen LogP contribution >= 0.6 is 0 Å². The zero-order valence-corrected chi connectivity index (χ0v) is 8.22. The van der Waals surface area contributed by atoms with Crippen LogP contribution in [0.25, 0.3) is 0 Å². The van der Waals surface area contributed by atoms with Gasteiger partial charge in [-0.3, -0.25) is 0 Å². The summed E-state index contributed by atoms with van der Waals surface area (Å²) < 4.78 is 0. The molecule has 0 spiro atoms. The van der Waals surface area contributed by atoms with E-state index >= 15 is 0 Å². The first-order valence-corrected chi connectivity index (χ1v) is 0.775. The molecule has 0 aromatic carbocycles. The van der Waals surface area contributed by atoms with Gasteiger partial charge in [0.2, 0.25) is 0 Å². The van der Waals surface area contributed by atoms with Gasteiger partial charge in [0.15, 0.2) is 0 Å². The van der Waals surface area contributed by atoms with Crippen molar-refractivity contribution in [3.05, 3.63) is 0 Å². The average Bonchev–Trinajstić information content (AvgIpc) is 0.811. The van der Waals surface area contributed by atoms with E-state index < -0.39 is 7.32 Å². The molecule has 6 heteroatoms. The van der Waals surface area contributed by atoms with Gasteiger partial charge in [0.05, 0.1) is 0 Å². The molecule has 0 amide bonds. The van der Waals surface area contributed by atoms with E-state index in [1.165, 1.54) is 0 Å². The molecule has 0 saturated carbocycles. The maximum atomic E-state index is 7.17. The zero-order chi connectivity index (χ0) is 3.58. The van der Waals surface area contributed by atoms with Crippen LogP contribution in [-0.4, -0.2) is 90.9 Å². The molecule has 0 atom stereocenters. The maximum Gasteiger partial charge on any atom is 2.00 e. The van der Waals surface area contributed by atoms with Gasteiger partial charge >= 0.3 is 75.9 Å². The van der Waals surface area contributed by atoms with Gasteiger partial charge in [-0.2, -0.15) is 0 Å². The predicted octanol–water partition coefficient (Wildman–Crippen LogP) is -2.36. The van der Waals surface area contributed by atoms with Crippen LogP contribution in [0.15, 0.2) is 0 Å². The first-order chi connectivity index (χ1) is 1.73. The Labute approximate surface area is 95.3 Å².